The molecule has 0 aliphatic heterocycles. The van der Waals surface area contributed by atoms with Crippen molar-refractivity contribution >= 4 is 27.0 Å². The number of carbonyl (C=O) groups is 1. The summed E-state index contributed by atoms with van der Waals surface area (Å²) >= 11 is 0. The topological polar surface area (TPSA) is 97.7 Å². The first-order chi connectivity index (χ1) is 17.0. The van der Waals surface area contributed by atoms with Crippen molar-refractivity contribution in [1.82, 2.24) is 4.57 Å². The molecule has 1 aromatic heterocycles. The molecule has 0 radical (unpaired) electrons. The number of aliphatic carboxylic acids is 1. The van der Waals surface area contributed by atoms with Crippen molar-refractivity contribution in [1.29, 1.82) is 0 Å². The standard InChI is InChI=1S/C28H29NO6S/c1-20-9-12-25(13-10-20)36(32,33)35-24-11-14-26-22(19-24)15-17-29(26)16-5-7-21-6-4-8-23(18-21)34-28(2,3)27(30)31/h4,6,8-15,17-19H,5,7,16H2,1-3H3,(H,30,31)/p-1. The van der Waals surface area contributed by atoms with Crippen LogP contribution in [-0.2, 0) is 27.9 Å². The fourth-order valence-electron chi connectivity index (χ4n) is 3.86. The number of aromatic nitrogens is 1. The molecule has 3 aromatic carbocycles. The molecule has 36 heavy (non-hydrogen) atoms. The molecule has 4 aromatic rings. The van der Waals surface area contributed by atoms with E-state index < -0.39 is 21.7 Å². The van der Waals surface area contributed by atoms with Gasteiger partial charge < -0.3 is 23.4 Å². The number of ether oxygens (including phenoxy) is 1. The Morgan fingerprint density at radius 2 is 1.72 bits per heavy atom. The lowest BCUT2D eigenvalue weighted by Crippen LogP contribution is -2.47. The number of hydrogen-bond donors (Lipinski definition) is 0. The van der Waals surface area contributed by atoms with Crippen LogP contribution in [0.4, 0.5) is 0 Å². The minimum absolute atomic E-state index is 0.114. The van der Waals surface area contributed by atoms with E-state index in [0.717, 1.165) is 41.4 Å². The minimum atomic E-state index is -3.91. The van der Waals surface area contributed by atoms with Crippen molar-refractivity contribution in [3.8, 4) is 11.5 Å². The fourth-order valence-corrected chi connectivity index (χ4v) is 4.78. The van der Waals surface area contributed by atoms with E-state index in [1.807, 2.05) is 43.5 Å². The smallest absolute Gasteiger partial charge is 0.339 e. The summed E-state index contributed by atoms with van der Waals surface area (Å²) in [5.74, 6) is -0.521. The highest BCUT2D eigenvalue weighted by Gasteiger charge is 2.21. The van der Waals surface area contributed by atoms with Crippen molar-refractivity contribution in [3.63, 3.8) is 0 Å². The maximum absolute atomic E-state index is 12.6. The molecule has 0 aliphatic carbocycles. The monoisotopic (exact) mass is 506 g/mol. The Labute approximate surface area is 211 Å². The number of rotatable bonds is 10. The summed E-state index contributed by atoms with van der Waals surface area (Å²) in [7, 11) is -3.91. The third-order valence-electron chi connectivity index (χ3n) is 5.89. The first kappa shape index (κ1) is 25.3. The summed E-state index contributed by atoms with van der Waals surface area (Å²) in [6, 6.07) is 21.1. The molecule has 0 unspecified atom stereocenters. The molecule has 0 saturated heterocycles. The van der Waals surface area contributed by atoms with Crippen LogP contribution in [0.5, 0.6) is 11.5 Å². The number of aryl methyl sites for hydroxylation is 3. The van der Waals surface area contributed by atoms with Crippen LogP contribution in [0.3, 0.4) is 0 Å². The van der Waals surface area contributed by atoms with Gasteiger partial charge in [0.25, 0.3) is 0 Å². The second-order valence-corrected chi connectivity index (χ2v) is 10.8. The van der Waals surface area contributed by atoms with E-state index in [1.54, 1.807) is 30.3 Å². The number of carbonyl (C=O) groups excluding carboxylic acids is 1. The molecule has 0 N–H and O–H groups in total. The first-order valence-corrected chi connectivity index (χ1v) is 13.0. The first-order valence-electron chi connectivity index (χ1n) is 11.6. The van der Waals surface area contributed by atoms with Crippen LogP contribution in [-0.4, -0.2) is 24.6 Å². The van der Waals surface area contributed by atoms with E-state index in [2.05, 4.69) is 4.57 Å². The van der Waals surface area contributed by atoms with Crippen molar-refractivity contribution in [3.05, 3.63) is 90.1 Å². The molecule has 7 nitrogen and oxygen atoms in total. The number of hydrogen-bond acceptors (Lipinski definition) is 6. The summed E-state index contributed by atoms with van der Waals surface area (Å²) in [5.41, 5.74) is 1.57. The van der Waals surface area contributed by atoms with E-state index in [9.17, 15) is 18.3 Å². The molecule has 4 rings (SSSR count). The molecule has 1 heterocycles. The van der Waals surface area contributed by atoms with Gasteiger partial charge in [0.15, 0.2) is 0 Å². The second kappa shape index (κ2) is 10.1. The highest BCUT2D eigenvalue weighted by Crippen LogP contribution is 2.26. The van der Waals surface area contributed by atoms with Crippen molar-refractivity contribution in [2.24, 2.45) is 0 Å². The molecule has 188 valence electrons. The number of carboxylic acid groups (broad SMARTS) is 1. The van der Waals surface area contributed by atoms with E-state index in [-0.39, 0.29) is 10.6 Å². The van der Waals surface area contributed by atoms with Crippen LogP contribution in [0, 0.1) is 6.92 Å². The Hall–Kier alpha value is -3.78. The summed E-state index contributed by atoms with van der Waals surface area (Å²) in [4.78, 5) is 11.3. The number of nitrogens with zero attached hydrogens (tertiary/aromatic N) is 1. The SMILES string of the molecule is Cc1ccc(S(=O)(=O)Oc2ccc3c(ccn3CCCc3cccc(OC(C)(C)C(=O)[O-])c3)c2)cc1. The lowest BCUT2D eigenvalue weighted by Gasteiger charge is -2.27. The lowest BCUT2D eigenvalue weighted by molar-refractivity contribution is -0.320. The number of carboxylic acids is 1. The van der Waals surface area contributed by atoms with E-state index in [4.69, 9.17) is 8.92 Å². The molecule has 0 fully saturated rings. The predicted molar refractivity (Wildman–Crippen MR) is 135 cm³/mol. The zero-order valence-electron chi connectivity index (χ0n) is 20.4. The fraction of sp³-hybridized carbons (Fsp3) is 0.250. The van der Waals surface area contributed by atoms with Gasteiger partial charge >= 0.3 is 10.1 Å². The van der Waals surface area contributed by atoms with Gasteiger partial charge in [-0.3, -0.25) is 0 Å². The largest absolute Gasteiger partial charge is 0.546 e. The Kier molecular flexibility index (Phi) is 7.08. The summed E-state index contributed by atoms with van der Waals surface area (Å²) in [6.07, 6.45) is 3.58. The van der Waals surface area contributed by atoms with Gasteiger partial charge in [-0.05, 0) is 87.7 Å². The highest BCUT2D eigenvalue weighted by molar-refractivity contribution is 7.87. The van der Waals surface area contributed by atoms with E-state index in [0.29, 0.717) is 5.75 Å². The molecule has 0 amide bonds. The number of fused-ring (bicyclic) bond motifs is 1. The van der Waals surface area contributed by atoms with Gasteiger partial charge in [-0.15, -0.1) is 0 Å². The molecule has 0 saturated carbocycles. The average Bonchev–Trinajstić information content (AvgIpc) is 3.21. The zero-order valence-corrected chi connectivity index (χ0v) is 21.2. The molecule has 0 bridgehead atoms. The predicted octanol–water partition coefficient (Wildman–Crippen LogP) is 4.26. The average molecular weight is 507 g/mol. The summed E-state index contributed by atoms with van der Waals surface area (Å²) < 4.78 is 38.2. The third-order valence-corrected chi connectivity index (χ3v) is 7.15. The molecular weight excluding hydrogens is 478 g/mol. The molecule has 8 heteroatoms. The third kappa shape index (κ3) is 5.88. The minimum Gasteiger partial charge on any atom is -0.546 e. The van der Waals surface area contributed by atoms with Crippen LogP contribution in [0.2, 0.25) is 0 Å². The normalized spacial score (nSPS) is 12.0. The van der Waals surface area contributed by atoms with Crippen LogP contribution in [0.15, 0.2) is 83.9 Å². The quantitative estimate of drug-likeness (QED) is 0.298. The Bertz CT molecular complexity index is 1490. The second-order valence-electron chi connectivity index (χ2n) is 9.23. The van der Waals surface area contributed by atoms with Crippen molar-refractivity contribution in [2.45, 2.75) is 50.7 Å². The van der Waals surface area contributed by atoms with Gasteiger partial charge in [0, 0.05) is 23.6 Å². The van der Waals surface area contributed by atoms with Gasteiger partial charge in [-0.25, -0.2) is 0 Å². The van der Waals surface area contributed by atoms with Crippen LogP contribution < -0.4 is 14.0 Å². The maximum atomic E-state index is 12.6. The van der Waals surface area contributed by atoms with Crippen LogP contribution >= 0.6 is 0 Å². The van der Waals surface area contributed by atoms with E-state index in [1.165, 1.54) is 26.0 Å². The molecule has 0 spiro atoms. The Balaban J connectivity index is 1.40. The molecule has 0 aliphatic rings. The van der Waals surface area contributed by atoms with Gasteiger partial charge in [0.1, 0.15) is 22.0 Å². The van der Waals surface area contributed by atoms with Gasteiger partial charge in [-0.2, -0.15) is 8.42 Å². The Morgan fingerprint density at radius 1 is 0.972 bits per heavy atom. The van der Waals surface area contributed by atoms with Gasteiger partial charge in [-0.1, -0.05) is 29.8 Å². The molecular formula is C28H28NO6S-. The highest BCUT2D eigenvalue weighted by atomic mass is 32.2. The van der Waals surface area contributed by atoms with Gasteiger partial charge in [0.2, 0.25) is 0 Å². The zero-order chi connectivity index (χ0) is 25.9. The summed E-state index contributed by atoms with van der Waals surface area (Å²) in [6.45, 7) is 5.56. The lowest BCUT2D eigenvalue weighted by atomic mass is 10.1. The van der Waals surface area contributed by atoms with Crippen LogP contribution in [0.1, 0.15) is 31.4 Å². The Morgan fingerprint density at radius 3 is 2.44 bits per heavy atom. The van der Waals surface area contributed by atoms with Crippen molar-refractivity contribution < 1.29 is 27.2 Å². The summed E-state index contributed by atoms with van der Waals surface area (Å²) in [5, 5.41) is 12.1. The number of benzene rings is 3. The maximum Gasteiger partial charge on any atom is 0.339 e. The van der Waals surface area contributed by atoms with E-state index >= 15 is 0 Å². The van der Waals surface area contributed by atoms with Crippen LogP contribution in [0.25, 0.3) is 10.9 Å². The van der Waals surface area contributed by atoms with Gasteiger partial charge in [0.05, 0.1) is 5.97 Å². The van der Waals surface area contributed by atoms with Crippen molar-refractivity contribution in [2.75, 3.05) is 0 Å². The molecule has 0 atom stereocenters.